The van der Waals surface area contributed by atoms with Crippen LogP contribution in [-0.2, 0) is 4.79 Å². The van der Waals surface area contributed by atoms with Gasteiger partial charge in [0, 0.05) is 20.3 Å². The highest BCUT2D eigenvalue weighted by Crippen LogP contribution is 2.26. The first-order valence-electron chi connectivity index (χ1n) is 13.3. The van der Waals surface area contributed by atoms with E-state index in [2.05, 4.69) is 56.0 Å². The fourth-order valence-electron chi connectivity index (χ4n) is 4.84. The van der Waals surface area contributed by atoms with Crippen molar-refractivity contribution in [3.8, 4) is 0 Å². The summed E-state index contributed by atoms with van der Waals surface area (Å²) in [7, 11) is 0. The van der Waals surface area contributed by atoms with Crippen molar-refractivity contribution in [3.05, 3.63) is 24.6 Å². The molecule has 0 aromatic rings. The average molecular weight is 435 g/mol. The van der Waals surface area contributed by atoms with Crippen LogP contribution in [0.1, 0.15) is 124 Å². The van der Waals surface area contributed by atoms with Crippen molar-refractivity contribution < 1.29 is 9.28 Å². The predicted octanol–water partition coefficient (Wildman–Crippen LogP) is 7.13. The predicted molar refractivity (Wildman–Crippen MR) is 134 cm³/mol. The molecule has 0 aliphatic carbocycles. The molecule has 0 saturated heterocycles. The number of allylic oxidation sites excluding steroid dienone is 2. The van der Waals surface area contributed by atoms with Gasteiger partial charge in [-0.2, -0.15) is 0 Å². The molecule has 0 aromatic carbocycles. The third-order valence-electron chi connectivity index (χ3n) is 6.89. The molecule has 1 aliphatic heterocycles. The normalized spacial score (nSPS) is 21.5. The number of hydrogen-bond donors (Lipinski definition) is 2. The van der Waals surface area contributed by atoms with Crippen LogP contribution in [0.3, 0.4) is 0 Å². The molecule has 1 heterocycles. The summed E-state index contributed by atoms with van der Waals surface area (Å²) in [6.45, 7) is 9.20. The van der Waals surface area contributed by atoms with E-state index < -0.39 is 0 Å². The zero-order chi connectivity index (χ0) is 22.8. The third kappa shape index (κ3) is 11.2. The summed E-state index contributed by atoms with van der Waals surface area (Å²) in [5.74, 6) is 0.0525. The summed E-state index contributed by atoms with van der Waals surface area (Å²) < 4.78 is 0.814. The van der Waals surface area contributed by atoms with E-state index in [0.29, 0.717) is 6.17 Å². The first-order chi connectivity index (χ1) is 15.1. The molecule has 4 nitrogen and oxygen atoms in total. The summed E-state index contributed by atoms with van der Waals surface area (Å²) in [6, 6.07) is 0. The van der Waals surface area contributed by atoms with E-state index in [4.69, 9.17) is 0 Å². The zero-order valence-electron chi connectivity index (χ0n) is 21.1. The molecule has 2 N–H and O–H groups in total. The number of rotatable bonds is 19. The first-order valence-corrected chi connectivity index (χ1v) is 13.3. The highest BCUT2D eigenvalue weighted by molar-refractivity contribution is 5.72. The largest absolute Gasteiger partial charge is 0.338 e. The molecule has 0 radical (unpaired) electrons. The third-order valence-corrected chi connectivity index (χ3v) is 6.89. The summed E-state index contributed by atoms with van der Waals surface area (Å²) in [5.41, 5.74) is 0. The van der Waals surface area contributed by atoms with Gasteiger partial charge in [0.05, 0.1) is 12.7 Å². The van der Waals surface area contributed by atoms with Crippen LogP contribution in [0.15, 0.2) is 24.6 Å². The zero-order valence-corrected chi connectivity index (χ0v) is 21.1. The lowest BCUT2D eigenvalue weighted by atomic mass is 10.0. The molecule has 31 heavy (non-hydrogen) atoms. The van der Waals surface area contributed by atoms with E-state index in [1.54, 1.807) is 6.92 Å². The second-order valence-electron chi connectivity index (χ2n) is 9.41. The summed E-state index contributed by atoms with van der Waals surface area (Å²) >= 11 is 0. The Morgan fingerprint density at radius 1 is 0.935 bits per heavy atom. The molecular weight excluding hydrogens is 382 g/mol. The molecule has 1 rings (SSSR count). The Morgan fingerprint density at radius 3 is 2.03 bits per heavy atom. The van der Waals surface area contributed by atoms with Gasteiger partial charge in [0.25, 0.3) is 0 Å². The van der Waals surface area contributed by atoms with E-state index in [-0.39, 0.29) is 12.1 Å². The quantitative estimate of drug-likeness (QED) is 0.129. The lowest BCUT2D eigenvalue weighted by Crippen LogP contribution is -2.62. The number of carbonyl (C=O) groups excluding carboxylic acids is 1. The van der Waals surface area contributed by atoms with Gasteiger partial charge in [-0.05, 0) is 32.6 Å². The van der Waals surface area contributed by atoms with Crippen molar-refractivity contribution in [1.82, 2.24) is 10.6 Å². The number of amides is 1. The van der Waals surface area contributed by atoms with E-state index in [1.807, 2.05) is 0 Å². The van der Waals surface area contributed by atoms with Gasteiger partial charge in [0.1, 0.15) is 6.20 Å². The van der Waals surface area contributed by atoms with Crippen LogP contribution < -0.4 is 10.6 Å². The SMILES string of the molecule is CCCC/C=C/CCCCCCCCCCCCC1NC=C[N+]1(CC)C(C)NC(C)=O. The minimum atomic E-state index is 0.0525. The molecule has 3 unspecified atom stereocenters. The highest BCUT2D eigenvalue weighted by Gasteiger charge is 2.41. The minimum Gasteiger partial charge on any atom is -0.338 e. The maximum Gasteiger partial charge on any atom is 0.221 e. The molecule has 0 aromatic heterocycles. The maximum atomic E-state index is 11.5. The first kappa shape index (κ1) is 27.7. The molecule has 180 valence electrons. The summed E-state index contributed by atoms with van der Waals surface area (Å²) in [4.78, 5) is 11.5. The smallest absolute Gasteiger partial charge is 0.221 e. The Labute approximate surface area is 193 Å². The number of nitrogens with zero attached hydrogens (tertiary/aromatic N) is 1. The molecule has 0 saturated carbocycles. The van der Waals surface area contributed by atoms with Gasteiger partial charge in [0.15, 0.2) is 12.3 Å². The van der Waals surface area contributed by atoms with Crippen molar-refractivity contribution >= 4 is 5.91 Å². The number of carbonyl (C=O) groups is 1. The Kier molecular flexibility index (Phi) is 15.5. The van der Waals surface area contributed by atoms with Gasteiger partial charge in [-0.15, -0.1) is 0 Å². The topological polar surface area (TPSA) is 41.1 Å². The highest BCUT2D eigenvalue weighted by atomic mass is 16.1. The van der Waals surface area contributed by atoms with Crippen molar-refractivity contribution in [2.45, 2.75) is 136 Å². The Bertz CT molecular complexity index is 517. The van der Waals surface area contributed by atoms with Gasteiger partial charge >= 0.3 is 0 Å². The molecule has 0 bridgehead atoms. The molecule has 3 atom stereocenters. The fourth-order valence-corrected chi connectivity index (χ4v) is 4.84. The molecule has 1 aliphatic rings. The van der Waals surface area contributed by atoms with Crippen LogP contribution >= 0.6 is 0 Å². The van der Waals surface area contributed by atoms with Gasteiger partial charge in [0.2, 0.25) is 5.91 Å². The van der Waals surface area contributed by atoms with Crippen LogP contribution in [-0.4, -0.2) is 29.3 Å². The monoisotopic (exact) mass is 434 g/mol. The second-order valence-corrected chi connectivity index (χ2v) is 9.41. The van der Waals surface area contributed by atoms with Gasteiger partial charge in [-0.25, -0.2) is 0 Å². The fraction of sp³-hybridized carbons (Fsp3) is 0.815. The van der Waals surface area contributed by atoms with Crippen LogP contribution in [0.4, 0.5) is 0 Å². The Hall–Kier alpha value is -1.29. The van der Waals surface area contributed by atoms with E-state index in [0.717, 1.165) is 17.4 Å². The van der Waals surface area contributed by atoms with E-state index in [9.17, 15) is 4.79 Å². The molecule has 1 amide bonds. The van der Waals surface area contributed by atoms with Crippen LogP contribution in [0.5, 0.6) is 0 Å². The Balaban J connectivity index is 2.01. The minimum absolute atomic E-state index is 0.0525. The summed E-state index contributed by atoms with van der Waals surface area (Å²) in [6.07, 6.45) is 29.6. The maximum absolute atomic E-state index is 11.5. The second kappa shape index (κ2) is 17.3. The van der Waals surface area contributed by atoms with Crippen molar-refractivity contribution in [2.75, 3.05) is 6.54 Å². The molecule has 0 spiro atoms. The lowest BCUT2D eigenvalue weighted by Gasteiger charge is -2.41. The van der Waals surface area contributed by atoms with Crippen molar-refractivity contribution in [1.29, 1.82) is 0 Å². The van der Waals surface area contributed by atoms with Gasteiger partial charge < -0.3 is 10.6 Å². The molecular formula is C27H52N3O+. The van der Waals surface area contributed by atoms with Crippen molar-refractivity contribution in [3.63, 3.8) is 0 Å². The van der Waals surface area contributed by atoms with E-state index in [1.165, 1.54) is 89.9 Å². The standard InChI is InChI=1S/C27H51N3O/c1-5-7-8-9-10-11-12-13-14-15-16-17-18-19-20-21-22-27-28-23-24-30(27,6-2)25(3)29-26(4)31/h9-10,23-25,27-28H,5-8,11-22H2,1-4H3/p+1/b10-9+. The van der Waals surface area contributed by atoms with E-state index >= 15 is 0 Å². The van der Waals surface area contributed by atoms with Gasteiger partial charge in [-0.3, -0.25) is 9.28 Å². The number of nitrogens with one attached hydrogen (secondary N) is 2. The number of unbranched alkanes of at least 4 members (excludes halogenated alkanes) is 12. The lowest BCUT2D eigenvalue weighted by molar-refractivity contribution is -0.923. The Morgan fingerprint density at radius 2 is 1.48 bits per heavy atom. The number of hydrogen-bond acceptors (Lipinski definition) is 2. The van der Waals surface area contributed by atoms with Crippen LogP contribution in [0.25, 0.3) is 0 Å². The van der Waals surface area contributed by atoms with Crippen LogP contribution in [0.2, 0.25) is 0 Å². The molecule has 0 fully saturated rings. The average Bonchev–Trinajstić information content (AvgIpc) is 3.17. The van der Waals surface area contributed by atoms with Crippen molar-refractivity contribution in [2.24, 2.45) is 0 Å². The van der Waals surface area contributed by atoms with Gasteiger partial charge in [-0.1, -0.05) is 83.3 Å². The summed E-state index contributed by atoms with van der Waals surface area (Å²) in [5, 5.41) is 6.64. The van der Waals surface area contributed by atoms with Crippen LogP contribution in [0, 0.1) is 0 Å². The molecule has 4 heteroatoms. The number of quaternary nitrogens is 1.